The van der Waals surface area contributed by atoms with Gasteiger partial charge in [0.05, 0.1) is 23.9 Å². The number of amides is 1. The fourth-order valence-electron chi connectivity index (χ4n) is 1.92. The Labute approximate surface area is 143 Å². The molecule has 0 bridgehead atoms. The molecule has 0 fully saturated rings. The summed E-state index contributed by atoms with van der Waals surface area (Å²) in [6.07, 6.45) is -3.03. The molecule has 0 aliphatic carbocycles. The third-order valence-electron chi connectivity index (χ3n) is 3.13. The van der Waals surface area contributed by atoms with E-state index in [4.69, 9.17) is 4.74 Å². The summed E-state index contributed by atoms with van der Waals surface area (Å²) >= 11 is 0. The van der Waals surface area contributed by atoms with E-state index in [0.29, 0.717) is 5.75 Å². The number of halogens is 3. The van der Waals surface area contributed by atoms with Gasteiger partial charge in [-0.05, 0) is 31.2 Å². The predicted octanol–water partition coefficient (Wildman–Crippen LogP) is 3.22. The number of rotatable bonds is 4. The lowest BCUT2D eigenvalue weighted by Gasteiger charge is -2.11. The SMILES string of the molecule is Cc1ccc(OCC#CCNC(=O)c2ccccc2C(F)(F)F)cn1. The van der Waals surface area contributed by atoms with Crippen LogP contribution in [-0.4, -0.2) is 24.0 Å². The molecule has 0 spiro atoms. The standard InChI is InChI=1S/C18H15F3N2O2/c1-13-8-9-14(12-23-13)25-11-5-4-10-22-17(24)15-6-2-3-7-16(15)18(19,20)21/h2-3,6-9,12H,10-11H2,1H3,(H,22,24). The van der Waals surface area contributed by atoms with Gasteiger partial charge in [-0.15, -0.1) is 0 Å². The van der Waals surface area contributed by atoms with Crippen LogP contribution in [0.1, 0.15) is 21.6 Å². The van der Waals surface area contributed by atoms with Crippen molar-refractivity contribution >= 4 is 5.91 Å². The number of aromatic nitrogens is 1. The lowest BCUT2D eigenvalue weighted by molar-refractivity contribution is -0.137. The van der Waals surface area contributed by atoms with Gasteiger partial charge >= 0.3 is 6.18 Å². The normalized spacial score (nSPS) is 10.6. The highest BCUT2D eigenvalue weighted by Crippen LogP contribution is 2.31. The molecule has 1 N–H and O–H groups in total. The molecule has 0 radical (unpaired) electrons. The van der Waals surface area contributed by atoms with Gasteiger partial charge in [0, 0.05) is 5.69 Å². The third-order valence-corrected chi connectivity index (χ3v) is 3.13. The van der Waals surface area contributed by atoms with E-state index in [0.717, 1.165) is 17.8 Å². The van der Waals surface area contributed by atoms with Crippen LogP contribution in [0.5, 0.6) is 5.75 Å². The molecule has 0 saturated carbocycles. The number of nitrogens with zero attached hydrogens (tertiary/aromatic N) is 1. The Morgan fingerprint density at radius 1 is 1.20 bits per heavy atom. The number of benzene rings is 1. The first kappa shape index (κ1) is 18.3. The van der Waals surface area contributed by atoms with Crippen LogP contribution in [-0.2, 0) is 6.18 Å². The lowest BCUT2D eigenvalue weighted by Crippen LogP contribution is -2.26. The van der Waals surface area contributed by atoms with Gasteiger partial charge in [0.25, 0.3) is 5.91 Å². The summed E-state index contributed by atoms with van der Waals surface area (Å²) in [5.74, 6) is 5.01. The van der Waals surface area contributed by atoms with E-state index >= 15 is 0 Å². The number of hydrogen-bond donors (Lipinski definition) is 1. The molecule has 1 aromatic heterocycles. The number of hydrogen-bond acceptors (Lipinski definition) is 3. The van der Waals surface area contributed by atoms with Gasteiger partial charge in [0.15, 0.2) is 0 Å². The number of alkyl halides is 3. The van der Waals surface area contributed by atoms with Crippen LogP contribution in [0.25, 0.3) is 0 Å². The van der Waals surface area contributed by atoms with E-state index in [2.05, 4.69) is 22.1 Å². The average Bonchev–Trinajstić information content (AvgIpc) is 2.58. The summed E-state index contributed by atoms with van der Waals surface area (Å²) in [7, 11) is 0. The second kappa shape index (κ2) is 8.20. The van der Waals surface area contributed by atoms with Crippen LogP contribution in [0.15, 0.2) is 42.6 Å². The number of nitrogens with one attached hydrogen (secondary N) is 1. The molecule has 1 aromatic carbocycles. The first-order chi connectivity index (χ1) is 11.9. The maximum Gasteiger partial charge on any atom is 0.417 e. The second-order valence-electron chi connectivity index (χ2n) is 5.00. The Balaban J connectivity index is 1.85. The zero-order valence-electron chi connectivity index (χ0n) is 13.4. The van der Waals surface area contributed by atoms with Gasteiger partial charge < -0.3 is 10.1 Å². The minimum Gasteiger partial charge on any atom is -0.479 e. The highest BCUT2D eigenvalue weighted by atomic mass is 19.4. The highest BCUT2D eigenvalue weighted by Gasteiger charge is 2.34. The van der Waals surface area contributed by atoms with E-state index in [1.165, 1.54) is 12.1 Å². The summed E-state index contributed by atoms with van der Waals surface area (Å²) in [5.41, 5.74) is -0.547. The molecule has 7 heteroatoms. The van der Waals surface area contributed by atoms with E-state index in [-0.39, 0.29) is 13.2 Å². The van der Waals surface area contributed by atoms with Crippen LogP contribution >= 0.6 is 0 Å². The van der Waals surface area contributed by atoms with Crippen molar-refractivity contribution in [2.45, 2.75) is 13.1 Å². The summed E-state index contributed by atoms with van der Waals surface area (Å²) in [6, 6.07) is 8.14. The number of carbonyl (C=O) groups is 1. The maximum absolute atomic E-state index is 12.9. The first-order valence-corrected chi connectivity index (χ1v) is 7.33. The topological polar surface area (TPSA) is 51.2 Å². The van der Waals surface area contributed by atoms with Crippen molar-refractivity contribution in [2.24, 2.45) is 0 Å². The molecule has 130 valence electrons. The number of carbonyl (C=O) groups excluding carboxylic acids is 1. The molecular weight excluding hydrogens is 333 g/mol. The fraction of sp³-hybridized carbons (Fsp3) is 0.222. The highest BCUT2D eigenvalue weighted by molar-refractivity contribution is 5.96. The van der Waals surface area contributed by atoms with Crippen molar-refractivity contribution in [3.8, 4) is 17.6 Å². The van der Waals surface area contributed by atoms with E-state index in [1.54, 1.807) is 18.3 Å². The smallest absolute Gasteiger partial charge is 0.417 e. The molecule has 0 atom stereocenters. The summed E-state index contributed by atoms with van der Waals surface area (Å²) in [4.78, 5) is 15.9. The largest absolute Gasteiger partial charge is 0.479 e. The maximum atomic E-state index is 12.9. The van der Waals surface area contributed by atoms with Gasteiger partial charge in [-0.3, -0.25) is 9.78 Å². The van der Waals surface area contributed by atoms with E-state index < -0.39 is 23.2 Å². The van der Waals surface area contributed by atoms with Crippen molar-refractivity contribution in [3.05, 3.63) is 59.4 Å². The molecule has 1 heterocycles. The molecule has 2 aromatic rings. The molecule has 25 heavy (non-hydrogen) atoms. The van der Waals surface area contributed by atoms with E-state index in [9.17, 15) is 18.0 Å². The van der Waals surface area contributed by atoms with E-state index in [1.807, 2.05) is 6.92 Å². The van der Waals surface area contributed by atoms with Crippen molar-refractivity contribution in [3.63, 3.8) is 0 Å². The molecule has 0 aliphatic rings. The zero-order valence-corrected chi connectivity index (χ0v) is 13.4. The fourth-order valence-corrected chi connectivity index (χ4v) is 1.92. The Bertz CT molecular complexity index is 790. The first-order valence-electron chi connectivity index (χ1n) is 7.33. The molecule has 0 unspecified atom stereocenters. The van der Waals surface area contributed by atoms with Gasteiger partial charge in [0.2, 0.25) is 0 Å². The van der Waals surface area contributed by atoms with Gasteiger partial charge in [-0.25, -0.2) is 0 Å². The average molecular weight is 348 g/mol. The lowest BCUT2D eigenvalue weighted by atomic mass is 10.1. The monoisotopic (exact) mass is 348 g/mol. The summed E-state index contributed by atoms with van der Waals surface area (Å²) in [6.45, 7) is 1.85. The van der Waals surface area contributed by atoms with Gasteiger partial charge in [-0.1, -0.05) is 24.0 Å². The van der Waals surface area contributed by atoms with Crippen LogP contribution in [0.2, 0.25) is 0 Å². The third kappa shape index (κ3) is 5.53. The van der Waals surface area contributed by atoms with Crippen LogP contribution in [0.4, 0.5) is 13.2 Å². The predicted molar refractivity (Wildman–Crippen MR) is 86.0 cm³/mol. The van der Waals surface area contributed by atoms with Crippen LogP contribution in [0.3, 0.4) is 0 Å². The Morgan fingerprint density at radius 3 is 2.64 bits per heavy atom. The Kier molecular flexibility index (Phi) is 6.01. The molecule has 0 saturated heterocycles. The minimum atomic E-state index is -4.59. The van der Waals surface area contributed by atoms with Crippen molar-refractivity contribution in [1.82, 2.24) is 10.3 Å². The number of aryl methyl sites for hydroxylation is 1. The van der Waals surface area contributed by atoms with Crippen molar-refractivity contribution in [2.75, 3.05) is 13.2 Å². The summed E-state index contributed by atoms with van der Waals surface area (Å²) in [5, 5.41) is 2.34. The molecular formula is C18H15F3N2O2. The number of pyridine rings is 1. The second-order valence-corrected chi connectivity index (χ2v) is 5.00. The van der Waals surface area contributed by atoms with Crippen LogP contribution < -0.4 is 10.1 Å². The minimum absolute atomic E-state index is 0.0828. The Morgan fingerprint density at radius 2 is 1.96 bits per heavy atom. The Hall–Kier alpha value is -3.01. The van der Waals surface area contributed by atoms with Crippen molar-refractivity contribution < 1.29 is 22.7 Å². The number of ether oxygens (including phenoxy) is 1. The summed E-state index contributed by atoms with van der Waals surface area (Å²) < 4.78 is 43.9. The van der Waals surface area contributed by atoms with Gasteiger partial charge in [-0.2, -0.15) is 13.2 Å². The van der Waals surface area contributed by atoms with Crippen molar-refractivity contribution in [1.29, 1.82) is 0 Å². The molecule has 4 nitrogen and oxygen atoms in total. The molecule has 2 rings (SSSR count). The van der Waals surface area contributed by atoms with Crippen LogP contribution in [0, 0.1) is 18.8 Å². The molecule has 0 aliphatic heterocycles. The van der Waals surface area contributed by atoms with Gasteiger partial charge in [0.1, 0.15) is 12.4 Å². The molecule has 1 amide bonds. The zero-order chi connectivity index (χ0) is 18.3. The quantitative estimate of drug-likeness (QED) is 0.863.